The number of esters is 4. The fourth-order valence-corrected chi connectivity index (χ4v) is 12.2. The van der Waals surface area contributed by atoms with Crippen molar-refractivity contribution in [3.8, 4) is 0 Å². The van der Waals surface area contributed by atoms with Crippen molar-refractivity contribution in [3.05, 3.63) is 146 Å². The predicted molar refractivity (Wildman–Crippen MR) is 436 cm³/mol. The van der Waals surface area contributed by atoms with E-state index in [1.165, 1.54) is 57.8 Å². The van der Waals surface area contributed by atoms with Crippen molar-refractivity contribution >= 4 is 39.5 Å². The molecule has 0 heterocycles. The Labute approximate surface area is 643 Å². The molecule has 5 unspecified atom stereocenters. The van der Waals surface area contributed by atoms with Crippen LogP contribution in [0, 0.1) is 0 Å². The van der Waals surface area contributed by atoms with Crippen molar-refractivity contribution in [2.75, 3.05) is 39.6 Å². The van der Waals surface area contributed by atoms with Gasteiger partial charge >= 0.3 is 39.5 Å². The second kappa shape index (κ2) is 78.1. The van der Waals surface area contributed by atoms with Gasteiger partial charge in [0.1, 0.15) is 19.3 Å². The van der Waals surface area contributed by atoms with Gasteiger partial charge in [0.05, 0.1) is 26.4 Å². The topological polar surface area (TPSA) is 237 Å². The lowest BCUT2D eigenvalue weighted by atomic mass is 10.1. The second-order valence-corrected chi connectivity index (χ2v) is 29.9. The normalized spacial score (nSPS) is 14.6. The molecular weight excluding hydrogens is 1380 g/mol. The molecule has 0 spiro atoms. The average Bonchev–Trinajstić information content (AvgIpc) is 0.901. The van der Waals surface area contributed by atoms with Crippen LogP contribution in [0.3, 0.4) is 0 Å². The van der Waals surface area contributed by atoms with Gasteiger partial charge < -0.3 is 33.8 Å². The maximum atomic E-state index is 13.1. The van der Waals surface area contributed by atoms with Crippen molar-refractivity contribution < 1.29 is 80.2 Å². The van der Waals surface area contributed by atoms with Crippen LogP contribution < -0.4 is 0 Å². The van der Waals surface area contributed by atoms with Gasteiger partial charge in [-0.3, -0.25) is 37.3 Å². The zero-order chi connectivity index (χ0) is 77.4. The molecule has 0 aliphatic carbocycles. The van der Waals surface area contributed by atoms with Crippen LogP contribution >= 0.6 is 15.6 Å². The molecule has 0 saturated heterocycles. The summed E-state index contributed by atoms with van der Waals surface area (Å²) in [4.78, 5) is 73.1. The minimum absolute atomic E-state index is 0.0723. The van der Waals surface area contributed by atoms with Crippen LogP contribution in [0.15, 0.2) is 146 Å². The predicted octanol–water partition coefficient (Wildman–Crippen LogP) is 24.2. The molecule has 0 amide bonds. The quantitative estimate of drug-likeness (QED) is 0.0169. The Morgan fingerprint density at radius 2 is 0.500 bits per heavy atom. The molecule has 0 bridgehead atoms. The van der Waals surface area contributed by atoms with E-state index in [9.17, 15) is 43.2 Å². The summed E-state index contributed by atoms with van der Waals surface area (Å²) in [6.07, 6.45) is 89.7. The van der Waals surface area contributed by atoms with Gasteiger partial charge in [-0.15, -0.1) is 0 Å². The highest BCUT2D eigenvalue weighted by Crippen LogP contribution is 2.45. The van der Waals surface area contributed by atoms with Gasteiger partial charge in [-0.2, -0.15) is 0 Å². The summed E-state index contributed by atoms with van der Waals surface area (Å²) in [6.45, 7) is 4.54. The van der Waals surface area contributed by atoms with Gasteiger partial charge in [-0.05, 0) is 141 Å². The van der Waals surface area contributed by atoms with Crippen LogP contribution in [0.2, 0.25) is 0 Å². The van der Waals surface area contributed by atoms with Gasteiger partial charge in [0.2, 0.25) is 0 Å². The lowest BCUT2D eigenvalue weighted by Gasteiger charge is -2.21. The summed E-state index contributed by atoms with van der Waals surface area (Å²) < 4.78 is 68.6. The first kappa shape index (κ1) is 101. The molecule has 17 nitrogen and oxygen atoms in total. The minimum atomic E-state index is -4.99. The SMILES string of the molecule is CC/C=C\C/C=C\C/C=C\C/C=C\C/C=C\CCCC(=O)OCC(COP(=O)(O)OCC(O)COP(=O)(O)OCC(COC(=O)CCCCCCCC/C=C\C/C=C\C/C=C\C/C=C\CC)OC(=O)CCCCCCCC/C=C\C/C=C\C/C=C\CCCCC)OC(=O)CCCCCCCCCCCCC. The summed E-state index contributed by atoms with van der Waals surface area (Å²) in [5, 5.41) is 10.6. The molecular formula is C87H146O17P2. The summed E-state index contributed by atoms with van der Waals surface area (Å²) in [6, 6.07) is 0. The zero-order valence-corrected chi connectivity index (χ0v) is 68.1. The molecule has 3 N–H and O–H groups in total. The molecule has 0 aromatic heterocycles. The largest absolute Gasteiger partial charge is 0.472 e. The molecule has 0 aromatic rings. The molecule has 0 rings (SSSR count). The molecule has 5 atom stereocenters. The summed E-state index contributed by atoms with van der Waals surface area (Å²) in [7, 11) is -9.99. The first-order chi connectivity index (χ1) is 51.7. The Bertz CT molecular complexity index is 2580. The van der Waals surface area contributed by atoms with Crippen molar-refractivity contribution in [2.24, 2.45) is 0 Å². The lowest BCUT2D eigenvalue weighted by molar-refractivity contribution is -0.161. The van der Waals surface area contributed by atoms with E-state index in [2.05, 4.69) is 161 Å². The van der Waals surface area contributed by atoms with E-state index in [1.54, 1.807) is 0 Å². The van der Waals surface area contributed by atoms with Crippen LogP contribution in [0.1, 0.15) is 323 Å². The van der Waals surface area contributed by atoms with Crippen LogP contribution in [0.5, 0.6) is 0 Å². The van der Waals surface area contributed by atoms with E-state index in [-0.39, 0.29) is 25.7 Å². The monoisotopic (exact) mass is 1530 g/mol. The molecule has 606 valence electrons. The number of hydrogen-bond donors (Lipinski definition) is 3. The van der Waals surface area contributed by atoms with Crippen LogP contribution in [0.4, 0.5) is 0 Å². The van der Waals surface area contributed by atoms with E-state index in [0.717, 1.165) is 180 Å². The van der Waals surface area contributed by atoms with Crippen molar-refractivity contribution in [1.29, 1.82) is 0 Å². The molecule has 0 saturated carbocycles. The number of hydrogen-bond acceptors (Lipinski definition) is 15. The lowest BCUT2D eigenvalue weighted by Crippen LogP contribution is -2.30. The summed E-state index contributed by atoms with van der Waals surface area (Å²) >= 11 is 0. The second-order valence-electron chi connectivity index (χ2n) is 27.0. The molecule has 106 heavy (non-hydrogen) atoms. The van der Waals surface area contributed by atoms with E-state index in [0.29, 0.717) is 32.1 Å². The Balaban J connectivity index is 5.41. The molecule has 0 aromatic carbocycles. The van der Waals surface area contributed by atoms with Gasteiger partial charge in [-0.25, -0.2) is 9.13 Å². The Morgan fingerprint density at radius 3 is 0.811 bits per heavy atom. The Kier molecular flexibility index (Phi) is 74.3. The highest BCUT2D eigenvalue weighted by molar-refractivity contribution is 7.47. The molecule has 0 aliphatic rings. The third-order valence-electron chi connectivity index (χ3n) is 16.8. The van der Waals surface area contributed by atoms with Crippen LogP contribution in [0.25, 0.3) is 0 Å². The smallest absolute Gasteiger partial charge is 0.462 e. The van der Waals surface area contributed by atoms with Gasteiger partial charge in [0.25, 0.3) is 0 Å². The number of ether oxygens (including phenoxy) is 4. The van der Waals surface area contributed by atoms with E-state index in [4.69, 9.17) is 37.0 Å². The van der Waals surface area contributed by atoms with Gasteiger partial charge in [-0.1, -0.05) is 302 Å². The third-order valence-corrected chi connectivity index (χ3v) is 18.7. The number of allylic oxidation sites excluding steroid dienone is 24. The number of aliphatic hydroxyl groups excluding tert-OH is 1. The fourth-order valence-electron chi connectivity index (χ4n) is 10.6. The van der Waals surface area contributed by atoms with Crippen LogP contribution in [-0.4, -0.2) is 96.7 Å². The molecule has 0 aliphatic heterocycles. The molecule has 19 heteroatoms. The van der Waals surface area contributed by atoms with E-state index >= 15 is 0 Å². The Hall–Kier alpha value is -5.06. The number of unbranched alkanes of at least 4 members (excludes halogenated alkanes) is 26. The number of carbonyl (C=O) groups excluding carboxylic acids is 4. The molecule has 0 fully saturated rings. The minimum Gasteiger partial charge on any atom is -0.462 e. The number of phosphoric acid groups is 2. The highest BCUT2D eigenvalue weighted by Gasteiger charge is 2.30. The Morgan fingerprint density at radius 1 is 0.274 bits per heavy atom. The number of rotatable bonds is 76. The number of carbonyl (C=O) groups is 4. The standard InChI is InChI=1S/C87H146O17P2/c1-5-9-13-17-21-25-29-32-35-38-40-43-46-49-53-56-60-64-68-72-85(90)98-78-83(104-87(92)74-70-66-62-58-54-50-47-44-41-39-36-33-30-26-22-18-14-10-6-2)80-102-106(95,96)100-76-81(88)75-99-105(93,94)101-79-82(103-86(91)73-69-65-61-57-51-28-24-20-16-12-8-4)77-97-84(89)71-67-63-59-55-52-48-45-42-37-34-31-27-23-19-15-11-7-3/h9,11,13,15,21-23,25-27,32-37,40-41,43-45,48,55,59,81-83,88H,5-8,10,12,14,16-20,24,28-31,38-39,42,46-47,49-54,56-58,60-80H2,1-4H3,(H,93,94)(H,95,96)/b13-9-,15-11-,25-21-,26-22-,27-23-,35-32-,36-33-,37-34-,43-40-,44-41-,48-45-,59-55-. The first-order valence-electron chi connectivity index (χ1n) is 41.1. The van der Waals surface area contributed by atoms with Gasteiger partial charge in [0.15, 0.2) is 12.2 Å². The molecule has 0 radical (unpaired) electrons. The van der Waals surface area contributed by atoms with Crippen molar-refractivity contribution in [2.45, 2.75) is 341 Å². The maximum absolute atomic E-state index is 13.1. The van der Waals surface area contributed by atoms with Crippen molar-refractivity contribution in [3.63, 3.8) is 0 Å². The summed E-state index contributed by atoms with van der Waals surface area (Å²) in [5.74, 6) is -2.27. The summed E-state index contributed by atoms with van der Waals surface area (Å²) in [5.41, 5.74) is 0. The maximum Gasteiger partial charge on any atom is 0.472 e. The zero-order valence-electron chi connectivity index (χ0n) is 66.3. The van der Waals surface area contributed by atoms with Crippen LogP contribution in [-0.2, 0) is 65.4 Å². The third kappa shape index (κ3) is 77.1. The van der Waals surface area contributed by atoms with E-state index in [1.807, 2.05) is 12.2 Å². The fraction of sp³-hybridized carbons (Fsp3) is 0.678. The first-order valence-corrected chi connectivity index (χ1v) is 44.1. The van der Waals surface area contributed by atoms with Crippen molar-refractivity contribution in [1.82, 2.24) is 0 Å². The average molecular weight is 1530 g/mol. The number of phosphoric ester groups is 2. The van der Waals surface area contributed by atoms with E-state index < -0.39 is 97.5 Å². The van der Waals surface area contributed by atoms with Gasteiger partial charge in [0, 0.05) is 25.7 Å². The highest BCUT2D eigenvalue weighted by atomic mass is 31.2. The number of aliphatic hydroxyl groups is 1.